The Balaban J connectivity index is 2.76. The van der Waals surface area contributed by atoms with Gasteiger partial charge >= 0.3 is 0 Å². The number of carbonyl (C=O) groups excluding carboxylic acids is 1. The standard InChI is InChI=1S/C11H14BrNOS/c1-3-8(12)11(14)13-9-6-4-5-7-10(9)15-2/h4-8H,3H2,1-2H3,(H,13,14). The number of benzene rings is 1. The van der Waals surface area contributed by atoms with Crippen LogP contribution in [0.3, 0.4) is 0 Å². The van der Waals surface area contributed by atoms with Gasteiger partial charge in [-0.2, -0.15) is 0 Å². The second kappa shape index (κ2) is 6.18. The van der Waals surface area contributed by atoms with Crippen molar-refractivity contribution in [2.75, 3.05) is 11.6 Å². The molecule has 0 aromatic heterocycles. The molecule has 15 heavy (non-hydrogen) atoms. The van der Waals surface area contributed by atoms with Gasteiger partial charge in [-0.25, -0.2) is 0 Å². The van der Waals surface area contributed by atoms with Crippen LogP contribution in [0.4, 0.5) is 5.69 Å². The third-order valence-electron chi connectivity index (χ3n) is 2.01. The van der Waals surface area contributed by atoms with Crippen LogP contribution < -0.4 is 5.32 Å². The highest BCUT2D eigenvalue weighted by atomic mass is 79.9. The average Bonchev–Trinajstić information content (AvgIpc) is 2.28. The highest BCUT2D eigenvalue weighted by molar-refractivity contribution is 9.10. The fourth-order valence-electron chi connectivity index (χ4n) is 1.14. The molecule has 1 unspecified atom stereocenters. The molecule has 0 bridgehead atoms. The molecule has 1 N–H and O–H groups in total. The van der Waals surface area contributed by atoms with E-state index in [2.05, 4.69) is 21.2 Å². The van der Waals surface area contributed by atoms with Crippen LogP contribution in [0.25, 0.3) is 0 Å². The monoisotopic (exact) mass is 287 g/mol. The quantitative estimate of drug-likeness (QED) is 0.678. The number of halogens is 1. The van der Waals surface area contributed by atoms with Crippen LogP contribution in [0.5, 0.6) is 0 Å². The first-order valence-electron chi connectivity index (χ1n) is 4.77. The summed E-state index contributed by atoms with van der Waals surface area (Å²) in [7, 11) is 0. The number of nitrogens with one attached hydrogen (secondary N) is 1. The Morgan fingerprint density at radius 1 is 1.53 bits per heavy atom. The summed E-state index contributed by atoms with van der Waals surface area (Å²) in [6.45, 7) is 1.97. The van der Waals surface area contributed by atoms with Crippen LogP contribution in [0.15, 0.2) is 29.2 Å². The minimum absolute atomic E-state index is 0.0130. The van der Waals surface area contributed by atoms with Gasteiger partial charge in [0.1, 0.15) is 0 Å². The lowest BCUT2D eigenvalue weighted by Crippen LogP contribution is -2.22. The normalized spacial score (nSPS) is 12.2. The Kier molecular flexibility index (Phi) is 5.19. The van der Waals surface area contributed by atoms with Gasteiger partial charge < -0.3 is 5.32 Å². The van der Waals surface area contributed by atoms with E-state index in [-0.39, 0.29) is 10.7 Å². The predicted octanol–water partition coefficient (Wildman–Crippen LogP) is 3.52. The molecule has 1 amide bonds. The van der Waals surface area contributed by atoms with Gasteiger partial charge in [0.15, 0.2) is 0 Å². The number of thioether (sulfide) groups is 1. The van der Waals surface area contributed by atoms with Crippen molar-refractivity contribution in [3.8, 4) is 0 Å². The van der Waals surface area contributed by atoms with Crippen LogP contribution in [0.1, 0.15) is 13.3 Å². The van der Waals surface area contributed by atoms with E-state index in [1.165, 1.54) is 0 Å². The molecule has 1 rings (SSSR count). The minimum Gasteiger partial charge on any atom is -0.324 e. The van der Waals surface area contributed by atoms with Crippen molar-refractivity contribution < 1.29 is 4.79 Å². The summed E-state index contributed by atoms with van der Waals surface area (Å²) in [5.74, 6) is 0.0130. The molecule has 1 aromatic carbocycles. The number of anilines is 1. The van der Waals surface area contributed by atoms with Crippen molar-refractivity contribution in [2.45, 2.75) is 23.1 Å². The molecule has 0 spiro atoms. The molecule has 2 nitrogen and oxygen atoms in total. The fourth-order valence-corrected chi connectivity index (χ4v) is 1.81. The first-order chi connectivity index (χ1) is 7.19. The van der Waals surface area contributed by atoms with Crippen molar-refractivity contribution in [1.29, 1.82) is 0 Å². The molecule has 0 saturated carbocycles. The van der Waals surface area contributed by atoms with Crippen LogP contribution in [-0.4, -0.2) is 17.0 Å². The highest BCUT2D eigenvalue weighted by Gasteiger charge is 2.13. The van der Waals surface area contributed by atoms with Crippen LogP contribution >= 0.6 is 27.7 Å². The van der Waals surface area contributed by atoms with Gasteiger partial charge in [-0.3, -0.25) is 4.79 Å². The number of rotatable bonds is 4. The lowest BCUT2D eigenvalue weighted by atomic mass is 10.3. The summed E-state index contributed by atoms with van der Waals surface area (Å²) >= 11 is 4.95. The lowest BCUT2D eigenvalue weighted by Gasteiger charge is -2.11. The van der Waals surface area contributed by atoms with Crippen molar-refractivity contribution in [3.63, 3.8) is 0 Å². The largest absolute Gasteiger partial charge is 0.324 e. The van der Waals surface area contributed by atoms with Crippen LogP contribution in [-0.2, 0) is 4.79 Å². The van der Waals surface area contributed by atoms with Crippen molar-refractivity contribution >= 4 is 39.3 Å². The summed E-state index contributed by atoms with van der Waals surface area (Å²) in [4.78, 5) is 12.6. The summed E-state index contributed by atoms with van der Waals surface area (Å²) in [6.07, 6.45) is 2.78. The van der Waals surface area contributed by atoms with E-state index in [0.717, 1.165) is 17.0 Å². The predicted molar refractivity (Wildman–Crippen MR) is 69.9 cm³/mol. The number of hydrogen-bond acceptors (Lipinski definition) is 2. The number of amides is 1. The van der Waals surface area contributed by atoms with Gasteiger partial charge in [-0.05, 0) is 24.8 Å². The zero-order valence-corrected chi connectivity index (χ0v) is 11.2. The highest BCUT2D eigenvalue weighted by Crippen LogP contribution is 2.25. The number of alkyl halides is 1. The molecular formula is C11H14BrNOS. The summed E-state index contributed by atoms with van der Waals surface area (Å²) in [5, 5.41) is 2.91. The molecule has 0 fully saturated rings. The smallest absolute Gasteiger partial charge is 0.238 e. The summed E-state index contributed by atoms with van der Waals surface area (Å²) in [6, 6.07) is 7.80. The summed E-state index contributed by atoms with van der Waals surface area (Å²) in [5.41, 5.74) is 0.882. The van der Waals surface area contributed by atoms with Crippen LogP contribution in [0.2, 0.25) is 0 Å². The van der Waals surface area contributed by atoms with Crippen molar-refractivity contribution in [2.24, 2.45) is 0 Å². The second-order valence-electron chi connectivity index (χ2n) is 3.07. The van der Waals surface area contributed by atoms with Gasteiger partial charge in [0.2, 0.25) is 5.91 Å². The molecule has 0 aliphatic heterocycles. The third-order valence-corrected chi connectivity index (χ3v) is 3.87. The van der Waals surface area contributed by atoms with E-state index in [1.54, 1.807) is 11.8 Å². The molecule has 4 heteroatoms. The van der Waals surface area contributed by atoms with E-state index in [1.807, 2.05) is 37.4 Å². The molecule has 0 heterocycles. The molecular weight excluding hydrogens is 274 g/mol. The Morgan fingerprint density at radius 2 is 2.20 bits per heavy atom. The average molecular weight is 288 g/mol. The van der Waals surface area contributed by atoms with E-state index >= 15 is 0 Å². The molecule has 1 aromatic rings. The zero-order chi connectivity index (χ0) is 11.3. The fraction of sp³-hybridized carbons (Fsp3) is 0.364. The summed E-state index contributed by atoms with van der Waals surface area (Å²) < 4.78 is 0. The Hall–Kier alpha value is -0.480. The molecule has 0 aliphatic rings. The molecule has 0 aliphatic carbocycles. The van der Waals surface area contributed by atoms with E-state index in [9.17, 15) is 4.79 Å². The molecule has 0 radical (unpaired) electrons. The SMILES string of the molecule is CCC(Br)C(=O)Nc1ccccc1SC. The van der Waals surface area contributed by atoms with Crippen molar-refractivity contribution in [1.82, 2.24) is 0 Å². The van der Waals surface area contributed by atoms with Crippen LogP contribution in [0, 0.1) is 0 Å². The maximum atomic E-state index is 11.6. The number of carbonyl (C=O) groups is 1. The van der Waals surface area contributed by atoms with E-state index in [0.29, 0.717) is 0 Å². The maximum absolute atomic E-state index is 11.6. The van der Waals surface area contributed by atoms with Gasteiger partial charge in [0.25, 0.3) is 0 Å². The van der Waals surface area contributed by atoms with Crippen molar-refractivity contribution in [3.05, 3.63) is 24.3 Å². The first-order valence-corrected chi connectivity index (χ1v) is 6.91. The zero-order valence-electron chi connectivity index (χ0n) is 8.79. The molecule has 82 valence electrons. The third kappa shape index (κ3) is 3.54. The molecule has 1 atom stereocenters. The Labute approximate surface area is 103 Å². The van der Waals surface area contributed by atoms with Gasteiger partial charge in [0, 0.05) is 4.90 Å². The first kappa shape index (κ1) is 12.6. The number of para-hydroxylation sites is 1. The van der Waals surface area contributed by atoms with Gasteiger partial charge in [-0.1, -0.05) is 35.0 Å². The van der Waals surface area contributed by atoms with Gasteiger partial charge in [0.05, 0.1) is 10.5 Å². The Bertz CT molecular complexity index is 343. The Morgan fingerprint density at radius 3 is 2.80 bits per heavy atom. The van der Waals surface area contributed by atoms with E-state index in [4.69, 9.17) is 0 Å². The number of hydrogen-bond donors (Lipinski definition) is 1. The molecule has 0 saturated heterocycles. The lowest BCUT2D eigenvalue weighted by molar-refractivity contribution is -0.115. The maximum Gasteiger partial charge on any atom is 0.238 e. The second-order valence-corrected chi connectivity index (χ2v) is 5.02. The minimum atomic E-state index is -0.118. The van der Waals surface area contributed by atoms with E-state index < -0.39 is 0 Å². The van der Waals surface area contributed by atoms with Gasteiger partial charge in [-0.15, -0.1) is 11.8 Å². The topological polar surface area (TPSA) is 29.1 Å².